The average molecular weight is 334 g/mol. The Balaban J connectivity index is 2.31. The molecule has 0 unspecified atom stereocenters. The maximum absolute atomic E-state index is 12.4. The van der Waals surface area contributed by atoms with E-state index in [2.05, 4.69) is 0 Å². The maximum atomic E-state index is 12.4. The third kappa shape index (κ3) is 4.10. The molecule has 6 heteroatoms. The first kappa shape index (κ1) is 17.0. The lowest BCUT2D eigenvalue weighted by atomic mass is 10.2. The van der Waals surface area contributed by atoms with Crippen molar-refractivity contribution in [1.29, 1.82) is 0 Å². The van der Waals surface area contributed by atoms with Crippen molar-refractivity contribution in [2.24, 2.45) is 0 Å². The van der Waals surface area contributed by atoms with Crippen molar-refractivity contribution in [1.82, 2.24) is 0 Å². The number of rotatable bonds is 6. The molecule has 2 aromatic rings. The summed E-state index contributed by atoms with van der Waals surface area (Å²) in [7, 11) is -4.02. The van der Waals surface area contributed by atoms with Gasteiger partial charge in [-0.1, -0.05) is 31.2 Å². The Labute approximate surface area is 136 Å². The van der Waals surface area contributed by atoms with E-state index in [1.807, 2.05) is 6.92 Å². The molecular formula is C17H18O5S. The van der Waals surface area contributed by atoms with E-state index < -0.39 is 16.1 Å². The Hall–Kier alpha value is -2.34. The predicted molar refractivity (Wildman–Crippen MR) is 86.0 cm³/mol. The van der Waals surface area contributed by atoms with Crippen molar-refractivity contribution in [2.75, 3.05) is 6.61 Å². The lowest BCUT2D eigenvalue weighted by Crippen LogP contribution is -2.13. The van der Waals surface area contributed by atoms with Gasteiger partial charge < -0.3 is 8.92 Å². The molecule has 0 saturated heterocycles. The Morgan fingerprint density at radius 3 is 2.26 bits per heavy atom. The Morgan fingerprint density at radius 2 is 1.65 bits per heavy atom. The first-order chi connectivity index (χ1) is 11.0. The van der Waals surface area contributed by atoms with Gasteiger partial charge >= 0.3 is 16.1 Å². The molecule has 0 aliphatic rings. The molecule has 122 valence electrons. The van der Waals surface area contributed by atoms with E-state index in [1.54, 1.807) is 31.2 Å². The summed E-state index contributed by atoms with van der Waals surface area (Å²) in [6, 6.07) is 12.5. The highest BCUT2D eigenvalue weighted by Crippen LogP contribution is 2.24. The molecule has 0 fully saturated rings. The van der Waals surface area contributed by atoms with Crippen LogP contribution >= 0.6 is 0 Å². The van der Waals surface area contributed by atoms with Crippen LogP contribution in [0.2, 0.25) is 0 Å². The highest BCUT2D eigenvalue weighted by molar-refractivity contribution is 7.87. The topological polar surface area (TPSA) is 69.7 Å². The fourth-order valence-corrected chi connectivity index (χ4v) is 2.92. The van der Waals surface area contributed by atoms with E-state index in [0.717, 1.165) is 12.0 Å². The first-order valence-electron chi connectivity index (χ1n) is 7.27. The van der Waals surface area contributed by atoms with Gasteiger partial charge in [-0.05, 0) is 43.2 Å². The number of aryl methyl sites for hydroxylation is 1. The number of hydrogen-bond acceptors (Lipinski definition) is 5. The van der Waals surface area contributed by atoms with Gasteiger partial charge in [0.2, 0.25) is 0 Å². The summed E-state index contributed by atoms with van der Waals surface area (Å²) in [6.07, 6.45) is 0.812. The van der Waals surface area contributed by atoms with Crippen molar-refractivity contribution in [3.8, 4) is 5.75 Å². The zero-order valence-electron chi connectivity index (χ0n) is 13.0. The van der Waals surface area contributed by atoms with Crippen molar-refractivity contribution in [3.05, 3.63) is 59.7 Å². The number of para-hydroxylation sites is 1. The second-order valence-electron chi connectivity index (χ2n) is 4.75. The highest BCUT2D eigenvalue weighted by atomic mass is 32.2. The average Bonchev–Trinajstić information content (AvgIpc) is 2.55. The van der Waals surface area contributed by atoms with Crippen LogP contribution in [0.1, 0.15) is 29.8 Å². The molecule has 0 bridgehead atoms. The van der Waals surface area contributed by atoms with Crippen LogP contribution in [0.25, 0.3) is 0 Å². The van der Waals surface area contributed by atoms with Gasteiger partial charge in [0.15, 0.2) is 5.75 Å². The number of carbonyl (C=O) groups is 1. The molecule has 2 rings (SSSR count). The molecule has 5 nitrogen and oxygen atoms in total. The molecule has 23 heavy (non-hydrogen) atoms. The van der Waals surface area contributed by atoms with Crippen molar-refractivity contribution in [2.45, 2.75) is 25.2 Å². The fourth-order valence-electron chi connectivity index (χ4n) is 1.97. The zero-order valence-corrected chi connectivity index (χ0v) is 13.8. The van der Waals surface area contributed by atoms with E-state index in [1.165, 1.54) is 24.3 Å². The molecule has 0 aromatic heterocycles. The zero-order chi connectivity index (χ0) is 16.9. The molecule has 0 saturated carbocycles. The number of carbonyl (C=O) groups excluding carboxylic acids is 1. The number of esters is 1. The summed E-state index contributed by atoms with van der Waals surface area (Å²) in [6.45, 7) is 3.85. The van der Waals surface area contributed by atoms with Crippen LogP contribution in [0.3, 0.4) is 0 Å². The van der Waals surface area contributed by atoms with Gasteiger partial charge in [-0.15, -0.1) is 0 Å². The van der Waals surface area contributed by atoms with Gasteiger partial charge in [-0.2, -0.15) is 8.42 Å². The van der Waals surface area contributed by atoms with E-state index in [9.17, 15) is 13.2 Å². The van der Waals surface area contributed by atoms with Crippen LogP contribution in [0, 0.1) is 0 Å². The van der Waals surface area contributed by atoms with Crippen molar-refractivity contribution >= 4 is 16.1 Å². The third-order valence-corrected chi connectivity index (χ3v) is 4.45. The van der Waals surface area contributed by atoms with Gasteiger partial charge in [0.1, 0.15) is 10.5 Å². The largest absolute Gasteiger partial charge is 0.462 e. The van der Waals surface area contributed by atoms with Crippen molar-refractivity contribution < 1.29 is 22.1 Å². The molecular weight excluding hydrogens is 316 g/mol. The quantitative estimate of drug-likeness (QED) is 0.599. The molecule has 0 heterocycles. The molecule has 0 spiro atoms. The lowest BCUT2D eigenvalue weighted by molar-refractivity contribution is 0.0524. The van der Waals surface area contributed by atoms with Gasteiger partial charge in [0.05, 0.1) is 6.61 Å². The monoisotopic (exact) mass is 334 g/mol. The van der Waals surface area contributed by atoms with Crippen LogP contribution < -0.4 is 4.18 Å². The third-order valence-electron chi connectivity index (χ3n) is 3.20. The lowest BCUT2D eigenvalue weighted by Gasteiger charge is -2.11. The van der Waals surface area contributed by atoms with Crippen LogP contribution in [-0.4, -0.2) is 21.0 Å². The number of hydrogen-bond donors (Lipinski definition) is 0. The molecule has 0 aliphatic carbocycles. The van der Waals surface area contributed by atoms with E-state index in [4.69, 9.17) is 8.92 Å². The molecule has 2 aromatic carbocycles. The second-order valence-corrected chi connectivity index (χ2v) is 6.30. The minimum atomic E-state index is -4.02. The maximum Gasteiger partial charge on any atom is 0.341 e. The van der Waals surface area contributed by atoms with Gasteiger partial charge in [-0.25, -0.2) is 4.79 Å². The van der Waals surface area contributed by atoms with Crippen LogP contribution in [-0.2, 0) is 21.3 Å². The minimum Gasteiger partial charge on any atom is -0.462 e. The highest BCUT2D eigenvalue weighted by Gasteiger charge is 2.21. The van der Waals surface area contributed by atoms with E-state index in [-0.39, 0.29) is 22.8 Å². The summed E-state index contributed by atoms with van der Waals surface area (Å²) in [5.41, 5.74) is 1.10. The summed E-state index contributed by atoms with van der Waals surface area (Å²) in [5.74, 6) is -0.676. The van der Waals surface area contributed by atoms with Crippen LogP contribution in [0.4, 0.5) is 0 Å². The Kier molecular flexibility index (Phi) is 5.39. The van der Waals surface area contributed by atoms with Gasteiger partial charge in [-0.3, -0.25) is 0 Å². The molecule has 0 N–H and O–H groups in total. The van der Waals surface area contributed by atoms with Crippen molar-refractivity contribution in [3.63, 3.8) is 0 Å². The minimum absolute atomic E-state index is 0.0355. The SMILES string of the molecule is CCOC(=O)c1ccccc1OS(=O)(=O)c1ccc(CC)cc1. The normalized spacial score (nSPS) is 11.0. The number of ether oxygens (including phenoxy) is 1. The van der Waals surface area contributed by atoms with Crippen LogP contribution in [0.5, 0.6) is 5.75 Å². The van der Waals surface area contributed by atoms with Crippen LogP contribution in [0.15, 0.2) is 53.4 Å². The fraction of sp³-hybridized carbons (Fsp3) is 0.235. The molecule has 0 radical (unpaired) electrons. The Morgan fingerprint density at radius 1 is 1.00 bits per heavy atom. The summed E-state index contributed by atoms with van der Waals surface area (Å²) in [4.78, 5) is 11.9. The molecule has 0 aliphatic heterocycles. The summed E-state index contributed by atoms with van der Waals surface area (Å²) in [5, 5.41) is 0. The Bertz CT molecular complexity index is 779. The van der Waals surface area contributed by atoms with Gasteiger partial charge in [0.25, 0.3) is 0 Å². The summed E-state index contributed by atoms with van der Waals surface area (Å²) >= 11 is 0. The predicted octanol–water partition coefficient (Wildman–Crippen LogP) is 3.19. The first-order valence-corrected chi connectivity index (χ1v) is 8.68. The molecule has 0 amide bonds. The standard InChI is InChI=1S/C17H18O5S/c1-3-13-9-11-14(12-10-13)23(19,20)22-16-8-6-5-7-15(16)17(18)21-4-2/h5-12H,3-4H2,1-2H3. The number of benzene rings is 2. The van der Waals surface area contributed by atoms with E-state index in [0.29, 0.717) is 0 Å². The van der Waals surface area contributed by atoms with E-state index >= 15 is 0 Å². The van der Waals surface area contributed by atoms with Gasteiger partial charge in [0, 0.05) is 0 Å². The smallest absolute Gasteiger partial charge is 0.341 e. The summed E-state index contributed by atoms with van der Waals surface area (Å²) < 4.78 is 34.8. The second kappa shape index (κ2) is 7.28. The molecule has 0 atom stereocenters.